The summed E-state index contributed by atoms with van der Waals surface area (Å²) in [5.74, 6) is 0.347. The highest BCUT2D eigenvalue weighted by Gasteiger charge is 1.99. The molecule has 0 aliphatic heterocycles. The van der Waals surface area contributed by atoms with Crippen molar-refractivity contribution < 1.29 is 9.59 Å². The lowest BCUT2D eigenvalue weighted by Gasteiger charge is -1.96. The van der Waals surface area contributed by atoms with Gasteiger partial charge in [-0.1, -0.05) is 13.5 Å². The Labute approximate surface area is 73.7 Å². The summed E-state index contributed by atoms with van der Waals surface area (Å²) < 4.78 is 0. The van der Waals surface area contributed by atoms with Gasteiger partial charge in [0.25, 0.3) is 0 Å². The van der Waals surface area contributed by atoms with Crippen LogP contribution in [0.25, 0.3) is 0 Å². The van der Waals surface area contributed by atoms with Gasteiger partial charge in [0.15, 0.2) is 5.78 Å². The Balaban J connectivity index is 3.27. The van der Waals surface area contributed by atoms with Crippen LogP contribution in [0.5, 0.6) is 0 Å². The molecule has 2 nitrogen and oxygen atoms in total. The van der Waals surface area contributed by atoms with Crippen molar-refractivity contribution in [1.82, 2.24) is 0 Å². The van der Waals surface area contributed by atoms with Gasteiger partial charge < -0.3 is 0 Å². The number of unbranched alkanes of at least 4 members (excludes halogenated alkanes) is 1. The number of Topliss-reactive ketones (excluding diaryl/α,β-unsaturated/α-hetero) is 1. The van der Waals surface area contributed by atoms with Gasteiger partial charge in [-0.25, -0.2) is 0 Å². The van der Waals surface area contributed by atoms with Crippen molar-refractivity contribution in [3.8, 4) is 0 Å². The zero-order valence-corrected chi connectivity index (χ0v) is 7.64. The van der Waals surface area contributed by atoms with Crippen molar-refractivity contribution in [2.45, 2.75) is 39.0 Å². The van der Waals surface area contributed by atoms with E-state index in [1.165, 1.54) is 6.08 Å². The topological polar surface area (TPSA) is 34.1 Å². The molecule has 0 atom stereocenters. The van der Waals surface area contributed by atoms with E-state index >= 15 is 0 Å². The van der Waals surface area contributed by atoms with Gasteiger partial charge >= 0.3 is 0 Å². The van der Waals surface area contributed by atoms with Gasteiger partial charge in [0, 0.05) is 19.3 Å². The SMILES string of the molecule is C=CC(=O)CCCCC(=O)CC. The molecule has 0 aliphatic carbocycles. The van der Waals surface area contributed by atoms with E-state index in [1.807, 2.05) is 6.92 Å². The summed E-state index contributed by atoms with van der Waals surface area (Å²) in [6.07, 6.45) is 4.71. The van der Waals surface area contributed by atoms with Crippen LogP contribution in [0.3, 0.4) is 0 Å². The molecular formula is C10H16O2. The molecule has 12 heavy (non-hydrogen) atoms. The van der Waals surface area contributed by atoms with Crippen molar-refractivity contribution >= 4 is 11.6 Å². The minimum absolute atomic E-state index is 0.0685. The molecular weight excluding hydrogens is 152 g/mol. The quantitative estimate of drug-likeness (QED) is 0.431. The first-order valence-corrected chi connectivity index (χ1v) is 4.37. The molecule has 68 valence electrons. The molecule has 2 heteroatoms. The van der Waals surface area contributed by atoms with E-state index in [0.29, 0.717) is 19.3 Å². The zero-order chi connectivity index (χ0) is 9.40. The molecule has 0 fully saturated rings. The molecule has 0 amide bonds. The Hall–Kier alpha value is -0.920. The number of hydrogen-bond acceptors (Lipinski definition) is 2. The predicted octanol–water partition coefficient (Wildman–Crippen LogP) is 2.28. The Morgan fingerprint density at radius 3 is 2.33 bits per heavy atom. The van der Waals surface area contributed by atoms with Crippen molar-refractivity contribution in [2.24, 2.45) is 0 Å². The average Bonchev–Trinajstić information content (AvgIpc) is 2.11. The largest absolute Gasteiger partial charge is 0.300 e. The number of carbonyl (C=O) groups is 2. The maximum absolute atomic E-state index is 10.8. The van der Waals surface area contributed by atoms with Crippen LogP contribution < -0.4 is 0 Å². The third kappa shape index (κ3) is 5.83. The number of allylic oxidation sites excluding steroid dienone is 1. The first-order valence-electron chi connectivity index (χ1n) is 4.37. The third-order valence-corrected chi connectivity index (χ3v) is 1.75. The highest BCUT2D eigenvalue weighted by Crippen LogP contribution is 2.02. The molecule has 0 heterocycles. The van der Waals surface area contributed by atoms with Crippen molar-refractivity contribution in [3.63, 3.8) is 0 Å². The summed E-state index contributed by atoms with van der Waals surface area (Å²) >= 11 is 0. The van der Waals surface area contributed by atoms with E-state index in [4.69, 9.17) is 0 Å². The Morgan fingerprint density at radius 1 is 1.25 bits per heavy atom. The molecule has 0 spiro atoms. The normalized spacial score (nSPS) is 9.42. The molecule has 0 aromatic carbocycles. The second-order valence-electron chi connectivity index (χ2n) is 2.77. The number of hydrogen-bond donors (Lipinski definition) is 0. The zero-order valence-electron chi connectivity index (χ0n) is 7.64. The molecule has 0 radical (unpaired) electrons. The summed E-state index contributed by atoms with van der Waals surface area (Å²) in [6, 6.07) is 0. The van der Waals surface area contributed by atoms with Gasteiger partial charge in [-0.3, -0.25) is 9.59 Å². The van der Waals surface area contributed by atoms with Crippen LogP contribution in [0.2, 0.25) is 0 Å². The van der Waals surface area contributed by atoms with E-state index in [1.54, 1.807) is 0 Å². The maximum Gasteiger partial charge on any atom is 0.155 e. The highest BCUT2D eigenvalue weighted by molar-refractivity contribution is 5.88. The van der Waals surface area contributed by atoms with Gasteiger partial charge in [-0.15, -0.1) is 0 Å². The second kappa shape index (κ2) is 6.77. The van der Waals surface area contributed by atoms with Crippen molar-refractivity contribution in [2.75, 3.05) is 0 Å². The molecule has 0 N–H and O–H groups in total. The second-order valence-corrected chi connectivity index (χ2v) is 2.77. The van der Waals surface area contributed by atoms with E-state index in [-0.39, 0.29) is 11.6 Å². The smallest absolute Gasteiger partial charge is 0.155 e. The van der Waals surface area contributed by atoms with Crippen LogP contribution in [0.1, 0.15) is 39.0 Å². The predicted molar refractivity (Wildman–Crippen MR) is 49.0 cm³/mol. The summed E-state index contributed by atoms with van der Waals surface area (Å²) in [5, 5.41) is 0. The summed E-state index contributed by atoms with van der Waals surface area (Å²) in [6.45, 7) is 5.23. The monoisotopic (exact) mass is 168 g/mol. The summed E-state index contributed by atoms with van der Waals surface area (Å²) in [7, 11) is 0. The lowest BCUT2D eigenvalue weighted by Crippen LogP contribution is -1.96. The van der Waals surface area contributed by atoms with Crippen LogP contribution >= 0.6 is 0 Å². The minimum atomic E-state index is 0.0685. The van der Waals surface area contributed by atoms with Gasteiger partial charge in [-0.2, -0.15) is 0 Å². The van der Waals surface area contributed by atoms with E-state index in [9.17, 15) is 9.59 Å². The molecule has 0 aromatic heterocycles. The van der Waals surface area contributed by atoms with Crippen LogP contribution in [-0.2, 0) is 9.59 Å². The van der Waals surface area contributed by atoms with Crippen LogP contribution in [0.15, 0.2) is 12.7 Å². The number of ketones is 2. The molecule has 0 unspecified atom stereocenters. The molecule has 0 aliphatic rings. The fourth-order valence-electron chi connectivity index (χ4n) is 0.900. The van der Waals surface area contributed by atoms with Gasteiger partial charge in [0.05, 0.1) is 0 Å². The molecule has 0 rings (SSSR count). The maximum atomic E-state index is 10.8. The minimum Gasteiger partial charge on any atom is -0.300 e. The van der Waals surface area contributed by atoms with Crippen molar-refractivity contribution in [3.05, 3.63) is 12.7 Å². The lowest BCUT2D eigenvalue weighted by molar-refractivity contribution is -0.119. The third-order valence-electron chi connectivity index (χ3n) is 1.75. The average molecular weight is 168 g/mol. The standard InChI is InChI=1S/C10H16O2/c1-3-9(11)7-5-6-8-10(12)4-2/h3H,1,4-8H2,2H3. The van der Waals surface area contributed by atoms with E-state index < -0.39 is 0 Å². The fourth-order valence-corrected chi connectivity index (χ4v) is 0.900. The van der Waals surface area contributed by atoms with Crippen LogP contribution in [-0.4, -0.2) is 11.6 Å². The molecule has 0 aromatic rings. The van der Waals surface area contributed by atoms with E-state index in [2.05, 4.69) is 6.58 Å². The first-order chi connectivity index (χ1) is 5.70. The Kier molecular flexibility index (Phi) is 6.25. The number of carbonyl (C=O) groups excluding carboxylic acids is 2. The number of rotatable bonds is 7. The van der Waals surface area contributed by atoms with Gasteiger partial charge in [-0.05, 0) is 18.9 Å². The van der Waals surface area contributed by atoms with Crippen LogP contribution in [0, 0.1) is 0 Å². The van der Waals surface area contributed by atoms with Crippen molar-refractivity contribution in [1.29, 1.82) is 0 Å². The first kappa shape index (κ1) is 11.1. The molecule has 0 saturated carbocycles. The Morgan fingerprint density at radius 2 is 1.83 bits per heavy atom. The Bertz CT molecular complexity index is 171. The fraction of sp³-hybridized carbons (Fsp3) is 0.600. The lowest BCUT2D eigenvalue weighted by atomic mass is 10.1. The summed E-state index contributed by atoms with van der Waals surface area (Å²) in [5.41, 5.74) is 0. The highest BCUT2D eigenvalue weighted by atomic mass is 16.1. The van der Waals surface area contributed by atoms with E-state index in [0.717, 1.165) is 12.8 Å². The summed E-state index contributed by atoms with van der Waals surface area (Å²) in [4.78, 5) is 21.5. The molecule has 0 saturated heterocycles. The van der Waals surface area contributed by atoms with Gasteiger partial charge in [0.2, 0.25) is 0 Å². The van der Waals surface area contributed by atoms with Gasteiger partial charge in [0.1, 0.15) is 5.78 Å². The molecule has 0 bridgehead atoms. The van der Waals surface area contributed by atoms with Crippen LogP contribution in [0.4, 0.5) is 0 Å².